The fourth-order valence-electron chi connectivity index (χ4n) is 4.69. The van der Waals surface area contributed by atoms with Gasteiger partial charge in [0.1, 0.15) is 0 Å². The average Bonchev–Trinajstić information content (AvgIpc) is 2.85. The van der Waals surface area contributed by atoms with Gasteiger partial charge in [-0.2, -0.15) is 0 Å². The fourth-order valence-corrected chi connectivity index (χ4v) is 4.69. The lowest BCUT2D eigenvalue weighted by atomic mass is 9.85. The Morgan fingerprint density at radius 3 is 2.67 bits per heavy atom. The molecule has 3 heteroatoms. The van der Waals surface area contributed by atoms with E-state index in [4.69, 9.17) is 0 Å². The smallest absolute Gasteiger partial charge is 0.0752 e. The van der Waals surface area contributed by atoms with Crippen molar-refractivity contribution in [2.24, 2.45) is 0 Å². The summed E-state index contributed by atoms with van der Waals surface area (Å²) < 4.78 is 2.55. The Morgan fingerprint density at radius 2 is 1.79 bits per heavy atom. The van der Waals surface area contributed by atoms with Gasteiger partial charge in [0.05, 0.1) is 12.7 Å². The molecule has 0 unspecified atom stereocenters. The molecule has 1 N–H and O–H groups in total. The Balaban J connectivity index is 1.75. The van der Waals surface area contributed by atoms with E-state index in [0.29, 0.717) is 12.0 Å². The maximum atomic E-state index is 3.84. The summed E-state index contributed by atoms with van der Waals surface area (Å²) >= 11 is 0. The number of hydrogen-bond donors (Lipinski definition) is 1. The lowest BCUT2D eigenvalue weighted by molar-refractivity contribution is 0.262. The van der Waals surface area contributed by atoms with Crippen molar-refractivity contribution in [3.63, 3.8) is 0 Å². The number of hydrogen-bond acceptors (Lipinski definition) is 2. The number of nitrogens with zero attached hydrogens (tertiary/aromatic N) is 2. The van der Waals surface area contributed by atoms with E-state index in [9.17, 15) is 0 Å². The SMILES string of the molecule is CN1C[C@@H](c2ccccc2)[C@@H]2NCCc3c2n(c2ccccc32)C1. The third-order valence-electron chi connectivity index (χ3n) is 5.68. The maximum Gasteiger partial charge on any atom is 0.0752 e. The molecule has 0 amide bonds. The molecule has 3 heterocycles. The first kappa shape index (κ1) is 14.3. The second-order valence-electron chi connectivity index (χ2n) is 7.19. The normalized spacial score (nSPS) is 23.9. The summed E-state index contributed by atoms with van der Waals surface area (Å²) in [5.74, 6) is 0.487. The second-order valence-corrected chi connectivity index (χ2v) is 7.19. The van der Waals surface area contributed by atoms with Crippen molar-refractivity contribution in [3.05, 3.63) is 71.4 Å². The van der Waals surface area contributed by atoms with Gasteiger partial charge in [0.2, 0.25) is 0 Å². The van der Waals surface area contributed by atoms with Gasteiger partial charge in [-0.3, -0.25) is 4.90 Å². The van der Waals surface area contributed by atoms with Crippen LogP contribution in [0.3, 0.4) is 0 Å². The number of para-hydroxylation sites is 1. The van der Waals surface area contributed by atoms with Crippen LogP contribution in [-0.2, 0) is 13.1 Å². The molecular formula is C21H23N3. The number of nitrogens with one attached hydrogen (secondary N) is 1. The molecule has 0 saturated heterocycles. The molecule has 1 aromatic heterocycles. The van der Waals surface area contributed by atoms with Crippen molar-refractivity contribution in [1.29, 1.82) is 0 Å². The van der Waals surface area contributed by atoms with E-state index in [0.717, 1.165) is 26.2 Å². The van der Waals surface area contributed by atoms with Crippen LogP contribution in [0.4, 0.5) is 0 Å². The van der Waals surface area contributed by atoms with Gasteiger partial charge in [-0.1, -0.05) is 48.5 Å². The van der Waals surface area contributed by atoms with Gasteiger partial charge in [-0.15, -0.1) is 0 Å². The van der Waals surface area contributed by atoms with Gasteiger partial charge in [0.25, 0.3) is 0 Å². The highest BCUT2D eigenvalue weighted by Gasteiger charge is 2.36. The molecule has 5 rings (SSSR count). The zero-order valence-electron chi connectivity index (χ0n) is 14.1. The summed E-state index contributed by atoms with van der Waals surface area (Å²) in [7, 11) is 2.24. The maximum absolute atomic E-state index is 3.84. The third kappa shape index (κ3) is 2.05. The molecule has 2 aliphatic rings. The summed E-state index contributed by atoms with van der Waals surface area (Å²) in [6.45, 7) is 3.12. The molecule has 0 aliphatic carbocycles. The zero-order valence-corrected chi connectivity index (χ0v) is 14.1. The number of benzene rings is 2. The van der Waals surface area contributed by atoms with E-state index in [1.54, 1.807) is 5.56 Å². The molecular weight excluding hydrogens is 294 g/mol. The quantitative estimate of drug-likeness (QED) is 0.741. The predicted molar refractivity (Wildman–Crippen MR) is 98.2 cm³/mol. The van der Waals surface area contributed by atoms with Crippen molar-refractivity contribution < 1.29 is 0 Å². The number of likely N-dealkylation sites (N-methyl/N-ethyl adjacent to an activating group) is 1. The van der Waals surface area contributed by atoms with Crippen LogP contribution in [0.2, 0.25) is 0 Å². The van der Waals surface area contributed by atoms with E-state index in [1.807, 2.05) is 0 Å². The minimum Gasteiger partial charge on any atom is -0.329 e. The molecule has 3 nitrogen and oxygen atoms in total. The summed E-state index contributed by atoms with van der Waals surface area (Å²) in [5.41, 5.74) is 5.90. The van der Waals surface area contributed by atoms with Crippen molar-refractivity contribution >= 4 is 10.9 Å². The van der Waals surface area contributed by atoms with E-state index >= 15 is 0 Å². The first-order chi connectivity index (χ1) is 11.8. The molecule has 2 aromatic carbocycles. The van der Waals surface area contributed by atoms with Gasteiger partial charge in [0.15, 0.2) is 0 Å². The van der Waals surface area contributed by atoms with E-state index < -0.39 is 0 Å². The molecule has 0 bridgehead atoms. The third-order valence-corrected chi connectivity index (χ3v) is 5.68. The van der Waals surface area contributed by atoms with Gasteiger partial charge in [-0.25, -0.2) is 0 Å². The summed E-state index contributed by atoms with van der Waals surface area (Å²) in [4.78, 5) is 2.46. The van der Waals surface area contributed by atoms with Crippen LogP contribution in [0.5, 0.6) is 0 Å². The van der Waals surface area contributed by atoms with Crippen LogP contribution in [0, 0.1) is 0 Å². The van der Waals surface area contributed by atoms with E-state index in [-0.39, 0.29) is 0 Å². The lowest BCUT2D eigenvalue weighted by Crippen LogP contribution is -2.36. The van der Waals surface area contributed by atoms with Crippen LogP contribution >= 0.6 is 0 Å². The van der Waals surface area contributed by atoms with Crippen LogP contribution < -0.4 is 5.32 Å². The van der Waals surface area contributed by atoms with E-state index in [2.05, 4.69) is 76.4 Å². The highest BCUT2D eigenvalue weighted by atomic mass is 15.3. The molecule has 0 radical (unpaired) electrons. The minimum absolute atomic E-state index is 0.397. The first-order valence-corrected chi connectivity index (χ1v) is 8.90. The highest BCUT2D eigenvalue weighted by Crippen LogP contribution is 2.42. The van der Waals surface area contributed by atoms with Gasteiger partial charge >= 0.3 is 0 Å². The molecule has 2 aliphatic heterocycles. The van der Waals surface area contributed by atoms with Crippen molar-refractivity contribution in [2.75, 3.05) is 20.1 Å². The van der Waals surface area contributed by atoms with Gasteiger partial charge in [0, 0.05) is 29.1 Å². The Bertz CT molecular complexity index is 881. The lowest BCUT2D eigenvalue weighted by Gasteiger charge is -2.32. The Labute approximate surface area is 142 Å². The molecule has 0 saturated carbocycles. The predicted octanol–water partition coefficient (Wildman–Crippen LogP) is 3.51. The second kappa shape index (κ2) is 5.47. The summed E-state index contributed by atoms with van der Waals surface area (Å²) in [6, 6.07) is 20.3. The molecule has 2 atom stereocenters. The Kier molecular flexibility index (Phi) is 3.25. The van der Waals surface area contributed by atoms with Crippen LogP contribution in [-0.4, -0.2) is 29.6 Å². The summed E-state index contributed by atoms with van der Waals surface area (Å²) in [6.07, 6.45) is 1.13. The van der Waals surface area contributed by atoms with Crippen molar-refractivity contribution in [3.8, 4) is 0 Å². The van der Waals surface area contributed by atoms with Crippen LogP contribution in [0.25, 0.3) is 10.9 Å². The monoisotopic (exact) mass is 317 g/mol. The first-order valence-electron chi connectivity index (χ1n) is 8.90. The molecule has 3 aromatic rings. The summed E-state index contributed by atoms with van der Waals surface area (Å²) in [5, 5.41) is 5.29. The number of aromatic nitrogens is 1. The molecule has 0 fully saturated rings. The molecule has 24 heavy (non-hydrogen) atoms. The van der Waals surface area contributed by atoms with Crippen molar-refractivity contribution in [1.82, 2.24) is 14.8 Å². The Morgan fingerprint density at radius 1 is 1.00 bits per heavy atom. The Hall–Kier alpha value is -2.10. The molecule has 122 valence electrons. The standard InChI is InChI=1S/C21H23N3/c1-23-13-18(15-7-3-2-4-8-15)20-21-17(11-12-22-20)16-9-5-6-10-19(16)24(21)14-23/h2-10,18,20,22H,11-14H2,1H3/t18-,20-/m0/s1. The fraction of sp³-hybridized carbons (Fsp3) is 0.333. The average molecular weight is 317 g/mol. The number of rotatable bonds is 1. The largest absolute Gasteiger partial charge is 0.329 e. The van der Waals surface area contributed by atoms with Gasteiger partial charge < -0.3 is 9.88 Å². The van der Waals surface area contributed by atoms with Crippen molar-refractivity contribution in [2.45, 2.75) is 25.0 Å². The topological polar surface area (TPSA) is 20.2 Å². The minimum atomic E-state index is 0.397. The zero-order chi connectivity index (χ0) is 16.1. The van der Waals surface area contributed by atoms with E-state index in [1.165, 1.54) is 22.2 Å². The van der Waals surface area contributed by atoms with Gasteiger partial charge in [-0.05, 0) is 37.2 Å². The van der Waals surface area contributed by atoms with Crippen LogP contribution in [0.1, 0.15) is 28.8 Å². The molecule has 0 spiro atoms. The van der Waals surface area contributed by atoms with Crippen LogP contribution in [0.15, 0.2) is 54.6 Å². The number of fused-ring (bicyclic) bond motifs is 3. The highest BCUT2D eigenvalue weighted by molar-refractivity contribution is 5.86.